The zero-order valence-corrected chi connectivity index (χ0v) is 16.7. The first kappa shape index (κ1) is 18.9. The Balaban J connectivity index is 1.40. The van der Waals surface area contributed by atoms with Gasteiger partial charge in [-0.15, -0.1) is 0 Å². The van der Waals surface area contributed by atoms with Gasteiger partial charge in [0.2, 0.25) is 0 Å². The van der Waals surface area contributed by atoms with Crippen molar-refractivity contribution >= 4 is 22.6 Å². The standard InChI is InChI=1S/C22H23FN4O3/c1-27-13-16-17(3-2-4-18(16)26-27)24-21(28)25-19-12-22(7-9-29-10-8-22)30-20-11-14(23)5-6-15(19)20/h2-6,11,13,19H,7-10,12H2,1H3,(H2,24,25,28). The molecule has 2 N–H and O–H groups in total. The fourth-order valence-corrected chi connectivity index (χ4v) is 4.41. The molecule has 1 fully saturated rings. The lowest BCUT2D eigenvalue weighted by Gasteiger charge is -2.44. The van der Waals surface area contributed by atoms with Gasteiger partial charge in [0.05, 0.1) is 30.5 Å². The van der Waals surface area contributed by atoms with Gasteiger partial charge in [-0.3, -0.25) is 4.68 Å². The Morgan fingerprint density at radius 1 is 1.27 bits per heavy atom. The Hall–Kier alpha value is -3.13. The smallest absolute Gasteiger partial charge is 0.319 e. The summed E-state index contributed by atoms with van der Waals surface area (Å²) in [4.78, 5) is 12.9. The average Bonchev–Trinajstić information content (AvgIpc) is 3.09. The SMILES string of the molecule is Cn1cc2c(NC(=O)NC3CC4(CCOCC4)Oc4cc(F)ccc43)cccc2n1. The van der Waals surface area contributed by atoms with Crippen LogP contribution < -0.4 is 15.4 Å². The van der Waals surface area contributed by atoms with Crippen molar-refractivity contribution in [2.45, 2.75) is 30.9 Å². The number of halogens is 1. The summed E-state index contributed by atoms with van der Waals surface area (Å²) in [6.45, 7) is 1.18. The van der Waals surface area contributed by atoms with Crippen LogP contribution in [0.15, 0.2) is 42.6 Å². The molecular formula is C22H23FN4O3. The second-order valence-corrected chi connectivity index (χ2v) is 7.98. The van der Waals surface area contributed by atoms with Gasteiger partial charge in [0, 0.05) is 49.5 Å². The van der Waals surface area contributed by atoms with Crippen molar-refractivity contribution in [2.75, 3.05) is 18.5 Å². The molecule has 2 aliphatic heterocycles. The lowest BCUT2D eigenvalue weighted by Crippen LogP contribution is -2.49. The second-order valence-electron chi connectivity index (χ2n) is 7.98. The van der Waals surface area contributed by atoms with Crippen LogP contribution in [-0.2, 0) is 11.8 Å². The largest absolute Gasteiger partial charge is 0.487 e. The van der Waals surface area contributed by atoms with Crippen molar-refractivity contribution in [1.82, 2.24) is 15.1 Å². The number of carbonyl (C=O) groups excluding carboxylic acids is 1. The highest BCUT2D eigenvalue weighted by atomic mass is 19.1. The molecule has 2 aromatic carbocycles. The number of fused-ring (bicyclic) bond motifs is 2. The van der Waals surface area contributed by atoms with E-state index in [0.717, 1.165) is 16.5 Å². The number of benzene rings is 2. The van der Waals surface area contributed by atoms with Gasteiger partial charge in [0.25, 0.3) is 0 Å². The van der Waals surface area contributed by atoms with E-state index in [1.165, 1.54) is 12.1 Å². The number of aryl methyl sites for hydroxylation is 1. The summed E-state index contributed by atoms with van der Waals surface area (Å²) in [5.74, 6) is 0.132. The molecular weight excluding hydrogens is 387 g/mol. The van der Waals surface area contributed by atoms with Crippen molar-refractivity contribution in [3.63, 3.8) is 0 Å². The number of amides is 2. The van der Waals surface area contributed by atoms with E-state index in [-0.39, 0.29) is 17.9 Å². The molecule has 5 rings (SSSR count). The molecule has 1 spiro atoms. The van der Waals surface area contributed by atoms with Crippen LogP contribution in [0.2, 0.25) is 0 Å². The van der Waals surface area contributed by atoms with Gasteiger partial charge < -0.3 is 20.1 Å². The minimum Gasteiger partial charge on any atom is -0.487 e. The fraction of sp³-hybridized carbons (Fsp3) is 0.364. The van der Waals surface area contributed by atoms with Crippen LogP contribution in [0.3, 0.4) is 0 Å². The minimum atomic E-state index is -0.458. The summed E-state index contributed by atoms with van der Waals surface area (Å²) in [5, 5.41) is 11.2. The van der Waals surface area contributed by atoms with Crippen LogP contribution in [-0.4, -0.2) is 34.6 Å². The molecule has 8 heteroatoms. The molecule has 0 bridgehead atoms. The third-order valence-electron chi connectivity index (χ3n) is 5.88. The first-order chi connectivity index (χ1) is 14.5. The van der Waals surface area contributed by atoms with Crippen LogP contribution in [0.4, 0.5) is 14.9 Å². The summed E-state index contributed by atoms with van der Waals surface area (Å²) in [6.07, 6.45) is 3.89. The van der Waals surface area contributed by atoms with Gasteiger partial charge in [0.1, 0.15) is 17.2 Å². The first-order valence-electron chi connectivity index (χ1n) is 10.1. The van der Waals surface area contributed by atoms with E-state index >= 15 is 0 Å². The highest BCUT2D eigenvalue weighted by Crippen LogP contribution is 2.44. The highest BCUT2D eigenvalue weighted by Gasteiger charge is 2.43. The number of ether oxygens (including phenoxy) is 2. The van der Waals surface area contributed by atoms with E-state index in [0.29, 0.717) is 43.9 Å². The average molecular weight is 410 g/mol. The van der Waals surface area contributed by atoms with Gasteiger partial charge in [-0.2, -0.15) is 5.10 Å². The monoisotopic (exact) mass is 410 g/mol. The number of nitrogens with one attached hydrogen (secondary N) is 2. The predicted octanol–water partition coefficient (Wildman–Crippen LogP) is 3.91. The highest BCUT2D eigenvalue weighted by molar-refractivity contribution is 6.00. The van der Waals surface area contributed by atoms with Crippen LogP contribution in [0, 0.1) is 5.82 Å². The molecule has 0 aliphatic carbocycles. The Morgan fingerprint density at radius 2 is 2.10 bits per heavy atom. The van der Waals surface area contributed by atoms with Gasteiger partial charge in [-0.25, -0.2) is 9.18 Å². The van der Waals surface area contributed by atoms with Gasteiger partial charge >= 0.3 is 6.03 Å². The molecule has 1 unspecified atom stereocenters. The van der Waals surface area contributed by atoms with Crippen molar-refractivity contribution in [1.29, 1.82) is 0 Å². The molecule has 7 nitrogen and oxygen atoms in total. The summed E-state index contributed by atoms with van der Waals surface area (Å²) >= 11 is 0. The number of hydrogen-bond donors (Lipinski definition) is 2. The summed E-state index contributed by atoms with van der Waals surface area (Å²) in [6, 6.07) is 9.46. The number of hydrogen-bond acceptors (Lipinski definition) is 4. The van der Waals surface area contributed by atoms with E-state index in [9.17, 15) is 9.18 Å². The Bertz CT molecular complexity index is 1110. The van der Waals surface area contributed by atoms with Crippen LogP contribution in [0.5, 0.6) is 5.75 Å². The summed E-state index contributed by atoms with van der Waals surface area (Å²) in [5.41, 5.74) is 1.82. The molecule has 1 saturated heterocycles. The Kier molecular flexibility index (Phi) is 4.58. The lowest BCUT2D eigenvalue weighted by molar-refractivity contribution is -0.0637. The zero-order valence-electron chi connectivity index (χ0n) is 16.7. The fourth-order valence-electron chi connectivity index (χ4n) is 4.41. The van der Waals surface area contributed by atoms with Gasteiger partial charge in [-0.1, -0.05) is 12.1 Å². The molecule has 2 amide bonds. The van der Waals surface area contributed by atoms with Crippen LogP contribution in [0.25, 0.3) is 10.9 Å². The van der Waals surface area contributed by atoms with Crippen LogP contribution in [0.1, 0.15) is 30.9 Å². The molecule has 3 aromatic rings. The molecule has 30 heavy (non-hydrogen) atoms. The number of nitrogens with zero attached hydrogens (tertiary/aromatic N) is 2. The van der Waals surface area contributed by atoms with Gasteiger partial charge in [-0.05, 0) is 18.2 Å². The van der Waals surface area contributed by atoms with Gasteiger partial charge in [0.15, 0.2) is 0 Å². The summed E-state index contributed by atoms with van der Waals surface area (Å²) < 4.78 is 27.3. The van der Waals surface area contributed by atoms with Crippen molar-refractivity contribution < 1.29 is 18.7 Å². The molecule has 156 valence electrons. The lowest BCUT2D eigenvalue weighted by atomic mass is 9.82. The van der Waals surface area contributed by atoms with E-state index in [1.807, 2.05) is 31.4 Å². The Morgan fingerprint density at radius 3 is 2.93 bits per heavy atom. The van der Waals surface area contributed by atoms with Crippen molar-refractivity contribution in [2.24, 2.45) is 7.05 Å². The third kappa shape index (κ3) is 3.47. The van der Waals surface area contributed by atoms with Crippen LogP contribution >= 0.6 is 0 Å². The molecule has 2 aliphatic rings. The maximum atomic E-state index is 13.9. The van der Waals surface area contributed by atoms with Crippen molar-refractivity contribution in [3.8, 4) is 5.75 Å². The quantitative estimate of drug-likeness (QED) is 0.672. The van der Waals surface area contributed by atoms with Crippen molar-refractivity contribution in [3.05, 3.63) is 54.0 Å². The molecule has 3 heterocycles. The number of rotatable bonds is 2. The first-order valence-corrected chi connectivity index (χ1v) is 10.1. The molecule has 1 atom stereocenters. The minimum absolute atomic E-state index is 0.291. The normalized spacial score (nSPS) is 19.9. The Labute approximate surface area is 173 Å². The number of urea groups is 1. The predicted molar refractivity (Wildman–Crippen MR) is 110 cm³/mol. The topological polar surface area (TPSA) is 77.4 Å². The number of carbonyl (C=O) groups is 1. The summed E-state index contributed by atoms with van der Waals surface area (Å²) in [7, 11) is 1.84. The maximum Gasteiger partial charge on any atom is 0.319 e. The van der Waals surface area contributed by atoms with E-state index < -0.39 is 5.60 Å². The zero-order chi connectivity index (χ0) is 20.7. The third-order valence-corrected chi connectivity index (χ3v) is 5.88. The van der Waals surface area contributed by atoms with E-state index in [1.54, 1.807) is 10.7 Å². The molecule has 1 aromatic heterocycles. The van der Waals surface area contributed by atoms with E-state index in [4.69, 9.17) is 9.47 Å². The molecule has 0 saturated carbocycles. The van der Waals surface area contributed by atoms with E-state index in [2.05, 4.69) is 15.7 Å². The number of anilines is 1. The molecule has 0 radical (unpaired) electrons. The maximum absolute atomic E-state index is 13.9. The second kappa shape index (κ2) is 7.28. The number of aromatic nitrogens is 2.